The smallest absolute Gasteiger partial charge is 0.321 e. The highest BCUT2D eigenvalue weighted by atomic mass is 16.3. The van der Waals surface area contributed by atoms with Gasteiger partial charge in [-0.05, 0) is 55.0 Å². The van der Waals surface area contributed by atoms with E-state index in [-0.39, 0.29) is 17.7 Å². The number of benzene rings is 2. The molecule has 3 amide bonds. The van der Waals surface area contributed by atoms with E-state index in [0.717, 1.165) is 54.4 Å². The molecule has 2 aromatic carbocycles. The maximum Gasteiger partial charge on any atom is 0.321 e. The van der Waals surface area contributed by atoms with Gasteiger partial charge in [0.15, 0.2) is 0 Å². The van der Waals surface area contributed by atoms with Crippen LogP contribution in [0.1, 0.15) is 57.9 Å². The molecule has 0 aliphatic carbocycles. The monoisotopic (exact) mass is 546 g/mol. The molecule has 0 saturated carbocycles. The highest BCUT2D eigenvalue weighted by molar-refractivity contribution is 6.05. The van der Waals surface area contributed by atoms with Crippen LogP contribution in [-0.4, -0.2) is 63.3 Å². The highest BCUT2D eigenvalue weighted by Crippen LogP contribution is 2.23. The summed E-state index contributed by atoms with van der Waals surface area (Å²) in [5, 5.41) is 27.7. The number of phenols is 1. The maximum absolute atomic E-state index is 12.3. The van der Waals surface area contributed by atoms with E-state index in [1.165, 1.54) is 4.80 Å². The minimum absolute atomic E-state index is 0.00942. The SMILES string of the molecule is CC(C)C1=NC(NC(=O)NCCCCCCNC(=O)CCc2ccc(O)c(-n3nc4ccccc4n3)c2)=NCC1. The first kappa shape index (κ1) is 28.7. The molecule has 2 heterocycles. The zero-order valence-corrected chi connectivity index (χ0v) is 23.2. The van der Waals surface area contributed by atoms with E-state index >= 15 is 0 Å². The summed E-state index contributed by atoms with van der Waals surface area (Å²) < 4.78 is 0. The summed E-state index contributed by atoms with van der Waals surface area (Å²) in [6, 6.07) is 12.5. The second kappa shape index (κ2) is 14.2. The third kappa shape index (κ3) is 8.36. The summed E-state index contributed by atoms with van der Waals surface area (Å²) >= 11 is 0. The molecule has 0 fully saturated rings. The van der Waals surface area contributed by atoms with Crippen molar-refractivity contribution in [1.82, 2.24) is 30.9 Å². The molecule has 0 unspecified atom stereocenters. The van der Waals surface area contributed by atoms with Gasteiger partial charge in [0.2, 0.25) is 11.9 Å². The normalized spacial score (nSPS) is 13.2. The zero-order valence-electron chi connectivity index (χ0n) is 23.2. The number of hydrogen-bond acceptors (Lipinski definition) is 7. The van der Waals surface area contributed by atoms with Crippen LogP contribution >= 0.6 is 0 Å². The number of unbranched alkanes of at least 4 members (excludes halogenated alkanes) is 3. The van der Waals surface area contributed by atoms with E-state index in [1.807, 2.05) is 36.4 Å². The van der Waals surface area contributed by atoms with Crippen LogP contribution in [0.15, 0.2) is 52.4 Å². The second-order valence-electron chi connectivity index (χ2n) is 10.2. The first-order chi connectivity index (χ1) is 19.4. The Balaban J connectivity index is 1.08. The van der Waals surface area contributed by atoms with Crippen LogP contribution < -0.4 is 16.0 Å². The lowest BCUT2D eigenvalue weighted by molar-refractivity contribution is -0.121. The molecule has 11 heteroatoms. The van der Waals surface area contributed by atoms with Crippen LogP contribution in [0.25, 0.3) is 16.7 Å². The van der Waals surface area contributed by atoms with Crippen molar-refractivity contribution in [2.24, 2.45) is 15.9 Å². The number of aromatic hydroxyl groups is 1. The number of amides is 3. The Bertz CT molecular complexity index is 1350. The van der Waals surface area contributed by atoms with E-state index < -0.39 is 0 Å². The number of guanidine groups is 1. The van der Waals surface area contributed by atoms with E-state index in [9.17, 15) is 14.7 Å². The summed E-state index contributed by atoms with van der Waals surface area (Å²) in [6.07, 6.45) is 5.40. The Labute approximate surface area is 234 Å². The number of nitrogens with zero attached hydrogens (tertiary/aromatic N) is 5. The van der Waals surface area contributed by atoms with Gasteiger partial charge in [-0.15, -0.1) is 15.0 Å². The molecular weight excluding hydrogens is 508 g/mol. The van der Waals surface area contributed by atoms with Gasteiger partial charge in [-0.3, -0.25) is 15.1 Å². The van der Waals surface area contributed by atoms with Gasteiger partial charge >= 0.3 is 6.03 Å². The Morgan fingerprint density at radius 2 is 1.68 bits per heavy atom. The predicted octanol–water partition coefficient (Wildman–Crippen LogP) is 3.89. The molecule has 0 bridgehead atoms. The molecule has 4 N–H and O–H groups in total. The number of phenolic OH excluding ortho intramolecular Hbond substituents is 1. The van der Waals surface area contributed by atoms with Gasteiger partial charge in [-0.1, -0.05) is 44.9 Å². The average Bonchev–Trinajstić information content (AvgIpc) is 3.38. The van der Waals surface area contributed by atoms with Gasteiger partial charge in [-0.2, -0.15) is 0 Å². The molecule has 0 radical (unpaired) electrons. The number of aryl methyl sites for hydroxylation is 1. The van der Waals surface area contributed by atoms with Crippen molar-refractivity contribution in [3.63, 3.8) is 0 Å². The lowest BCUT2D eigenvalue weighted by Gasteiger charge is -2.15. The molecule has 3 aromatic rings. The molecule has 40 heavy (non-hydrogen) atoms. The van der Waals surface area contributed by atoms with Crippen LogP contribution in [0.3, 0.4) is 0 Å². The summed E-state index contributed by atoms with van der Waals surface area (Å²) in [5.41, 5.74) is 3.95. The number of aliphatic imine (C=N–C) groups is 2. The van der Waals surface area contributed by atoms with Gasteiger partial charge in [-0.25, -0.2) is 9.79 Å². The topological polar surface area (TPSA) is 146 Å². The first-order valence-electron chi connectivity index (χ1n) is 14.0. The highest BCUT2D eigenvalue weighted by Gasteiger charge is 2.14. The number of carbonyl (C=O) groups is 2. The van der Waals surface area contributed by atoms with Gasteiger partial charge in [0.05, 0.1) is 0 Å². The lowest BCUT2D eigenvalue weighted by Crippen LogP contribution is -2.40. The molecule has 0 atom stereocenters. The van der Waals surface area contributed by atoms with E-state index in [2.05, 4.69) is 50.0 Å². The van der Waals surface area contributed by atoms with Crippen molar-refractivity contribution in [3.05, 3.63) is 48.0 Å². The minimum Gasteiger partial charge on any atom is -0.506 e. The first-order valence-corrected chi connectivity index (χ1v) is 14.0. The maximum atomic E-state index is 12.3. The molecule has 1 aliphatic rings. The van der Waals surface area contributed by atoms with Crippen molar-refractivity contribution in [2.45, 2.75) is 58.8 Å². The number of nitrogens with one attached hydrogen (secondary N) is 3. The summed E-state index contributed by atoms with van der Waals surface area (Å²) in [5.74, 6) is 0.805. The number of rotatable bonds is 12. The van der Waals surface area contributed by atoms with Crippen molar-refractivity contribution in [3.8, 4) is 11.4 Å². The number of hydrogen-bond donors (Lipinski definition) is 4. The summed E-state index contributed by atoms with van der Waals surface area (Å²) in [6.45, 7) is 6.02. The van der Waals surface area contributed by atoms with Crippen molar-refractivity contribution < 1.29 is 14.7 Å². The van der Waals surface area contributed by atoms with Crippen LogP contribution in [0.4, 0.5) is 4.79 Å². The van der Waals surface area contributed by atoms with Gasteiger partial charge < -0.3 is 15.7 Å². The van der Waals surface area contributed by atoms with Gasteiger partial charge in [0.1, 0.15) is 22.5 Å². The van der Waals surface area contributed by atoms with Crippen molar-refractivity contribution in [2.75, 3.05) is 19.6 Å². The third-order valence-electron chi connectivity index (χ3n) is 6.66. The van der Waals surface area contributed by atoms with Gasteiger partial charge in [0, 0.05) is 38.2 Å². The van der Waals surface area contributed by atoms with Crippen LogP contribution in [0.5, 0.6) is 5.75 Å². The van der Waals surface area contributed by atoms with E-state index in [4.69, 9.17) is 0 Å². The van der Waals surface area contributed by atoms with Crippen LogP contribution in [0, 0.1) is 5.92 Å². The molecule has 0 spiro atoms. The quantitative estimate of drug-likeness (QED) is 0.255. The number of fused-ring (bicyclic) bond motifs is 1. The van der Waals surface area contributed by atoms with Crippen molar-refractivity contribution >= 4 is 34.6 Å². The molecule has 11 nitrogen and oxygen atoms in total. The molecule has 4 rings (SSSR count). The van der Waals surface area contributed by atoms with E-state index in [0.29, 0.717) is 50.0 Å². The molecular formula is C29H38N8O3. The lowest BCUT2D eigenvalue weighted by atomic mass is 10.0. The van der Waals surface area contributed by atoms with Crippen LogP contribution in [0.2, 0.25) is 0 Å². The Morgan fingerprint density at radius 1 is 0.975 bits per heavy atom. The number of carbonyl (C=O) groups excluding carboxylic acids is 2. The van der Waals surface area contributed by atoms with E-state index in [1.54, 1.807) is 6.07 Å². The number of aromatic nitrogens is 3. The third-order valence-corrected chi connectivity index (χ3v) is 6.66. The fourth-order valence-electron chi connectivity index (χ4n) is 4.37. The fraction of sp³-hybridized carbons (Fsp3) is 0.448. The molecule has 212 valence electrons. The standard InChI is InChI=1S/C29H38N8O3/c1-20(2)22-15-18-31-28(33-22)34-29(40)32-17-8-4-3-7-16-30-27(39)14-12-21-11-13-26(38)25(19-21)37-35-23-9-5-6-10-24(23)36-37/h5-6,9-11,13,19-20,38H,3-4,7-8,12,14-18H2,1-2H3,(H,30,39)(H2,31,32,34,40). The summed E-state index contributed by atoms with van der Waals surface area (Å²) in [7, 11) is 0. The molecule has 0 saturated heterocycles. The van der Waals surface area contributed by atoms with Crippen LogP contribution in [-0.2, 0) is 11.2 Å². The second-order valence-corrected chi connectivity index (χ2v) is 10.2. The molecule has 1 aliphatic heterocycles. The number of urea groups is 1. The fourth-order valence-corrected chi connectivity index (χ4v) is 4.37. The Kier molecular flexibility index (Phi) is 10.2. The molecule has 1 aromatic heterocycles. The Hall–Kier alpha value is -4.28. The van der Waals surface area contributed by atoms with Gasteiger partial charge in [0.25, 0.3) is 0 Å². The minimum atomic E-state index is -0.283. The summed E-state index contributed by atoms with van der Waals surface area (Å²) in [4.78, 5) is 34.5. The van der Waals surface area contributed by atoms with Crippen molar-refractivity contribution in [1.29, 1.82) is 0 Å². The predicted molar refractivity (Wildman–Crippen MR) is 156 cm³/mol. The largest absolute Gasteiger partial charge is 0.506 e. The zero-order chi connectivity index (χ0) is 28.3. The Morgan fingerprint density at radius 3 is 2.38 bits per heavy atom. The average molecular weight is 547 g/mol.